The van der Waals surface area contributed by atoms with Gasteiger partial charge in [-0.2, -0.15) is 24.9 Å². The van der Waals surface area contributed by atoms with Gasteiger partial charge in [-0.3, -0.25) is 4.79 Å². The van der Waals surface area contributed by atoms with Crippen LogP contribution in [0.4, 0.5) is 13.2 Å². The molecule has 4 nitrogen and oxygen atoms in total. The third kappa shape index (κ3) is 4.06. The van der Waals surface area contributed by atoms with Crippen LogP contribution in [-0.2, 0) is 4.79 Å². The molecule has 2 saturated carbocycles. The molecular formula is C18H24F3NO3S. The molecular weight excluding hydrogens is 367 g/mol. The number of hydrogen-bond donors (Lipinski definition) is 3. The van der Waals surface area contributed by atoms with Crippen molar-refractivity contribution in [3.8, 4) is 0 Å². The van der Waals surface area contributed by atoms with Crippen molar-refractivity contribution in [1.29, 1.82) is 0 Å². The minimum Gasteiger partial charge on any atom is -0.481 e. The largest absolute Gasteiger partial charge is 0.481 e. The molecule has 0 radical (unpaired) electrons. The number of aliphatic carboxylic acids is 1. The van der Waals surface area contributed by atoms with Gasteiger partial charge in [-0.15, -0.1) is 0 Å². The predicted octanol–water partition coefficient (Wildman–Crippen LogP) is 3.48. The third-order valence-corrected chi connectivity index (χ3v) is 6.61. The highest BCUT2D eigenvalue weighted by molar-refractivity contribution is 7.99. The Labute approximate surface area is 154 Å². The predicted molar refractivity (Wildman–Crippen MR) is 93.7 cm³/mol. The molecule has 0 aromatic rings. The standard InChI is InChI=1S/C18H24F3NO3S/c19-18(20,21)17(25,14-4-3-13(11-22-14)12-1-2-12)8-10-26-9-7-16(5-6-16)15(23)24/h3-4,11-12,14,22,25H,1-2,5-10H2,(H,23,24). The number of dihydropyridines is 1. The Morgan fingerprint density at radius 1 is 1.31 bits per heavy atom. The highest BCUT2D eigenvalue weighted by Gasteiger charge is 2.57. The van der Waals surface area contributed by atoms with Gasteiger partial charge in [0.25, 0.3) is 0 Å². The Kier molecular flexibility index (Phi) is 5.36. The van der Waals surface area contributed by atoms with Crippen LogP contribution in [0.1, 0.15) is 38.5 Å². The number of nitrogens with one attached hydrogen (secondary N) is 1. The molecule has 0 bridgehead atoms. The molecule has 3 aliphatic rings. The Balaban J connectivity index is 1.51. The summed E-state index contributed by atoms with van der Waals surface area (Å²) in [5.41, 5.74) is -2.51. The molecule has 8 heteroatoms. The maximum atomic E-state index is 13.5. The molecule has 0 spiro atoms. The zero-order valence-electron chi connectivity index (χ0n) is 14.4. The first kappa shape index (κ1) is 19.6. The normalized spacial score (nSPS) is 26.6. The van der Waals surface area contributed by atoms with Gasteiger partial charge < -0.3 is 15.5 Å². The topological polar surface area (TPSA) is 69.6 Å². The molecule has 146 valence electrons. The molecule has 2 fully saturated rings. The van der Waals surface area contributed by atoms with Crippen LogP contribution in [-0.4, -0.2) is 45.5 Å². The molecule has 2 aliphatic carbocycles. The molecule has 1 aliphatic heterocycles. The summed E-state index contributed by atoms with van der Waals surface area (Å²) in [4.78, 5) is 11.1. The van der Waals surface area contributed by atoms with Gasteiger partial charge in [0.2, 0.25) is 0 Å². The van der Waals surface area contributed by atoms with E-state index in [1.807, 2.05) is 0 Å². The SMILES string of the molecule is O=C(O)C1(CCSCCC(O)(C2C=CC(C3CC3)=CN2)C(F)(F)F)CC1. The number of carboxylic acid groups (broad SMARTS) is 1. The molecule has 2 atom stereocenters. The molecule has 1 heterocycles. The third-order valence-electron chi connectivity index (χ3n) is 5.62. The van der Waals surface area contributed by atoms with Gasteiger partial charge in [0, 0.05) is 6.20 Å². The van der Waals surface area contributed by atoms with E-state index >= 15 is 0 Å². The monoisotopic (exact) mass is 391 g/mol. The highest BCUT2D eigenvalue weighted by Crippen LogP contribution is 2.49. The average molecular weight is 391 g/mol. The van der Waals surface area contributed by atoms with E-state index in [9.17, 15) is 23.1 Å². The Morgan fingerprint density at radius 2 is 2.00 bits per heavy atom. The number of thioether (sulfide) groups is 1. The van der Waals surface area contributed by atoms with E-state index in [0.29, 0.717) is 30.9 Å². The second-order valence-electron chi connectivity index (χ2n) is 7.54. The fourth-order valence-electron chi connectivity index (χ4n) is 3.26. The Bertz CT molecular complexity index is 611. The summed E-state index contributed by atoms with van der Waals surface area (Å²) in [5.74, 6) is 0.217. The Morgan fingerprint density at radius 3 is 2.46 bits per heavy atom. The van der Waals surface area contributed by atoms with Gasteiger partial charge >= 0.3 is 12.1 Å². The van der Waals surface area contributed by atoms with Crippen LogP contribution < -0.4 is 5.32 Å². The number of rotatable bonds is 9. The molecule has 2 unspecified atom stereocenters. The van der Waals surface area contributed by atoms with Crippen molar-refractivity contribution >= 4 is 17.7 Å². The zero-order valence-corrected chi connectivity index (χ0v) is 15.2. The average Bonchev–Trinajstić information content (AvgIpc) is 3.46. The maximum absolute atomic E-state index is 13.5. The summed E-state index contributed by atoms with van der Waals surface area (Å²) < 4.78 is 40.6. The number of allylic oxidation sites excluding steroid dienone is 2. The Hall–Kier alpha value is -1.15. The number of halogens is 3. The first-order valence-corrected chi connectivity index (χ1v) is 10.1. The summed E-state index contributed by atoms with van der Waals surface area (Å²) in [6.45, 7) is 0. The minimum absolute atomic E-state index is 0.122. The van der Waals surface area contributed by atoms with E-state index in [4.69, 9.17) is 5.11 Å². The van der Waals surface area contributed by atoms with E-state index in [-0.39, 0.29) is 5.75 Å². The number of carboxylic acids is 1. The molecule has 26 heavy (non-hydrogen) atoms. The molecule has 0 aromatic heterocycles. The lowest BCUT2D eigenvalue weighted by molar-refractivity contribution is -0.266. The van der Waals surface area contributed by atoms with E-state index in [2.05, 4.69) is 5.32 Å². The van der Waals surface area contributed by atoms with Crippen molar-refractivity contribution in [2.75, 3.05) is 11.5 Å². The van der Waals surface area contributed by atoms with Crippen molar-refractivity contribution < 1.29 is 28.2 Å². The van der Waals surface area contributed by atoms with Crippen LogP contribution in [0.3, 0.4) is 0 Å². The second kappa shape index (κ2) is 7.11. The fraction of sp³-hybridized carbons (Fsp3) is 0.722. The number of alkyl halides is 3. The van der Waals surface area contributed by atoms with Crippen molar-refractivity contribution in [2.24, 2.45) is 11.3 Å². The van der Waals surface area contributed by atoms with Gasteiger partial charge in [-0.25, -0.2) is 0 Å². The fourth-order valence-corrected chi connectivity index (χ4v) is 4.45. The summed E-state index contributed by atoms with van der Waals surface area (Å²) in [5, 5.41) is 22.2. The van der Waals surface area contributed by atoms with Gasteiger partial charge in [0.05, 0.1) is 11.5 Å². The van der Waals surface area contributed by atoms with E-state index in [1.165, 1.54) is 17.8 Å². The summed E-state index contributed by atoms with van der Waals surface area (Å²) in [6.07, 6.45) is 3.37. The summed E-state index contributed by atoms with van der Waals surface area (Å²) >= 11 is 1.27. The lowest BCUT2D eigenvalue weighted by Gasteiger charge is -2.37. The zero-order chi connectivity index (χ0) is 19.0. The van der Waals surface area contributed by atoms with Gasteiger partial charge in [-0.1, -0.05) is 12.2 Å². The van der Waals surface area contributed by atoms with Crippen LogP contribution in [0.25, 0.3) is 0 Å². The van der Waals surface area contributed by atoms with Crippen LogP contribution >= 0.6 is 11.8 Å². The lowest BCUT2D eigenvalue weighted by Crippen LogP contribution is -2.59. The molecule has 3 rings (SSSR count). The molecule has 0 amide bonds. The van der Waals surface area contributed by atoms with Gasteiger partial charge in [0.15, 0.2) is 5.60 Å². The number of carbonyl (C=O) groups is 1. The van der Waals surface area contributed by atoms with E-state index in [0.717, 1.165) is 18.4 Å². The van der Waals surface area contributed by atoms with Crippen LogP contribution in [0.2, 0.25) is 0 Å². The smallest absolute Gasteiger partial charge is 0.419 e. The molecule has 0 saturated heterocycles. The van der Waals surface area contributed by atoms with E-state index < -0.39 is 35.6 Å². The van der Waals surface area contributed by atoms with Crippen LogP contribution in [0.15, 0.2) is 23.9 Å². The molecule has 3 N–H and O–H groups in total. The van der Waals surface area contributed by atoms with Crippen LogP contribution in [0.5, 0.6) is 0 Å². The minimum atomic E-state index is -4.75. The number of hydrogen-bond acceptors (Lipinski definition) is 4. The van der Waals surface area contributed by atoms with Crippen molar-refractivity contribution in [1.82, 2.24) is 5.32 Å². The maximum Gasteiger partial charge on any atom is 0.419 e. The van der Waals surface area contributed by atoms with Crippen molar-refractivity contribution in [3.05, 3.63) is 23.9 Å². The first-order chi connectivity index (χ1) is 12.2. The molecule has 0 aromatic carbocycles. The second-order valence-corrected chi connectivity index (χ2v) is 8.77. The van der Waals surface area contributed by atoms with Crippen LogP contribution in [0, 0.1) is 11.3 Å². The quantitative estimate of drug-likeness (QED) is 0.525. The lowest BCUT2D eigenvalue weighted by atomic mass is 9.88. The van der Waals surface area contributed by atoms with E-state index in [1.54, 1.807) is 12.3 Å². The number of aliphatic hydroxyl groups is 1. The van der Waals surface area contributed by atoms with Crippen molar-refractivity contribution in [2.45, 2.75) is 56.3 Å². The van der Waals surface area contributed by atoms with Gasteiger partial charge in [0.1, 0.15) is 0 Å². The summed E-state index contributed by atoms with van der Waals surface area (Å²) in [6, 6.07) is -1.21. The van der Waals surface area contributed by atoms with Gasteiger partial charge in [-0.05, 0) is 61.5 Å². The first-order valence-electron chi connectivity index (χ1n) is 8.93. The van der Waals surface area contributed by atoms with Crippen molar-refractivity contribution in [3.63, 3.8) is 0 Å². The summed E-state index contributed by atoms with van der Waals surface area (Å²) in [7, 11) is 0. The highest BCUT2D eigenvalue weighted by atomic mass is 32.2.